The number of aromatic amines is 1. The molecule has 4 aromatic rings. The number of fused-ring (bicyclic) bond motifs is 4. The number of pyridine rings is 1. The van der Waals surface area contributed by atoms with Gasteiger partial charge in [-0.05, 0) is 78.6 Å². The van der Waals surface area contributed by atoms with Gasteiger partial charge < -0.3 is 10.2 Å². The van der Waals surface area contributed by atoms with Crippen LogP contribution >= 0.6 is 0 Å². The van der Waals surface area contributed by atoms with Crippen LogP contribution in [0.25, 0.3) is 21.8 Å². The molecule has 0 saturated carbocycles. The first-order valence-corrected chi connectivity index (χ1v) is 14.1. The number of hydrogen-bond donors (Lipinski definition) is 2. The monoisotopic (exact) mass is 523 g/mol. The van der Waals surface area contributed by atoms with Crippen molar-refractivity contribution in [1.29, 1.82) is 0 Å². The van der Waals surface area contributed by atoms with Crippen LogP contribution in [0.15, 0.2) is 48.8 Å². The maximum Gasteiger partial charge on any atom is 0.226 e. The smallest absolute Gasteiger partial charge is 0.226 e. The predicted octanol–water partition coefficient (Wildman–Crippen LogP) is 5.40. The molecule has 4 heterocycles. The van der Waals surface area contributed by atoms with Crippen LogP contribution in [0, 0.1) is 11.3 Å². The molecule has 6 rings (SSSR count). The van der Waals surface area contributed by atoms with E-state index < -0.39 is 5.92 Å². The van der Waals surface area contributed by atoms with E-state index in [2.05, 4.69) is 48.4 Å². The number of hydrogen-bond acceptors (Lipinski definition) is 5. The van der Waals surface area contributed by atoms with Crippen molar-refractivity contribution in [1.82, 2.24) is 25.4 Å². The zero-order valence-corrected chi connectivity index (χ0v) is 23.1. The van der Waals surface area contributed by atoms with Crippen molar-refractivity contribution >= 4 is 33.5 Å². The summed E-state index contributed by atoms with van der Waals surface area (Å²) in [6.45, 7) is 9.67. The van der Waals surface area contributed by atoms with Gasteiger partial charge in [-0.25, -0.2) is 0 Å². The highest BCUT2D eigenvalue weighted by molar-refractivity contribution is 6.01. The highest BCUT2D eigenvalue weighted by Gasteiger charge is 2.34. The van der Waals surface area contributed by atoms with Gasteiger partial charge in [-0.3, -0.25) is 19.7 Å². The Morgan fingerprint density at radius 3 is 2.69 bits per heavy atom. The van der Waals surface area contributed by atoms with Gasteiger partial charge in [0.25, 0.3) is 0 Å². The summed E-state index contributed by atoms with van der Waals surface area (Å²) in [4.78, 5) is 34.1. The van der Waals surface area contributed by atoms with Crippen molar-refractivity contribution < 1.29 is 9.59 Å². The summed E-state index contributed by atoms with van der Waals surface area (Å²) in [5, 5.41) is 12.8. The second-order valence-electron chi connectivity index (χ2n) is 12.5. The van der Waals surface area contributed by atoms with Gasteiger partial charge in [-0.2, -0.15) is 5.10 Å². The van der Waals surface area contributed by atoms with E-state index in [4.69, 9.17) is 4.98 Å². The summed E-state index contributed by atoms with van der Waals surface area (Å²) in [5.41, 5.74) is 5.89. The lowest BCUT2D eigenvalue weighted by Gasteiger charge is -2.31. The van der Waals surface area contributed by atoms with Crippen LogP contribution in [-0.4, -0.2) is 51.4 Å². The number of H-pyrrole nitrogens is 1. The van der Waals surface area contributed by atoms with Gasteiger partial charge >= 0.3 is 0 Å². The molecule has 0 spiro atoms. The molecule has 2 aromatic heterocycles. The van der Waals surface area contributed by atoms with Gasteiger partial charge in [0.15, 0.2) is 5.78 Å². The average Bonchev–Trinajstić information content (AvgIpc) is 3.37. The molecule has 1 atom stereocenters. The summed E-state index contributed by atoms with van der Waals surface area (Å²) >= 11 is 0. The Hall–Kier alpha value is -3.58. The number of nitrogens with one attached hydrogen (secondary N) is 2. The molecule has 0 radical (unpaired) electrons. The van der Waals surface area contributed by atoms with E-state index in [0.29, 0.717) is 31.0 Å². The van der Waals surface area contributed by atoms with Crippen LogP contribution in [0.5, 0.6) is 0 Å². The van der Waals surface area contributed by atoms with Gasteiger partial charge in [0, 0.05) is 48.0 Å². The van der Waals surface area contributed by atoms with Crippen molar-refractivity contribution in [2.24, 2.45) is 11.3 Å². The molecular formula is C32H37N5O2. The molecule has 1 saturated heterocycles. The van der Waals surface area contributed by atoms with Gasteiger partial charge in [0.2, 0.25) is 5.91 Å². The first kappa shape index (κ1) is 25.7. The molecular weight excluding hydrogens is 486 g/mol. The lowest BCUT2D eigenvalue weighted by atomic mass is 9.89. The van der Waals surface area contributed by atoms with E-state index in [9.17, 15) is 9.59 Å². The standard InChI is InChI=1S/C32H37N5O2/c1-32(2,3)19-37-18-27-21(6-7-28-26(27)17-35-36-28)12-24(31(37)39)15-30(38)23-5-4-22-13-25(16-34-29(22)14-23)20-8-10-33-11-9-20/h4-7,13-14,16-17,20,24,33H,8-12,15,18-19H2,1-3H3,(H,35,36)/t24-/m0/s1. The second-order valence-corrected chi connectivity index (χ2v) is 12.5. The van der Waals surface area contributed by atoms with Gasteiger partial charge in [0.1, 0.15) is 0 Å². The maximum absolute atomic E-state index is 13.9. The largest absolute Gasteiger partial charge is 0.338 e. The number of ketones is 1. The highest BCUT2D eigenvalue weighted by Crippen LogP contribution is 2.33. The minimum Gasteiger partial charge on any atom is -0.338 e. The molecule has 1 amide bonds. The average molecular weight is 524 g/mol. The van der Waals surface area contributed by atoms with Crippen molar-refractivity contribution in [3.8, 4) is 0 Å². The van der Waals surface area contributed by atoms with E-state index in [1.54, 1.807) is 0 Å². The summed E-state index contributed by atoms with van der Waals surface area (Å²) in [6.07, 6.45) is 6.80. The Morgan fingerprint density at radius 1 is 1.08 bits per heavy atom. The van der Waals surface area contributed by atoms with Gasteiger partial charge in [-0.1, -0.05) is 39.0 Å². The lowest BCUT2D eigenvalue weighted by Crippen LogP contribution is -2.40. The Balaban J connectivity index is 1.27. The SMILES string of the molecule is CC(C)(C)CN1Cc2c(ccc3[nH]ncc23)C[C@@H](CC(=O)c2ccc3cc(C4CCNCC4)cnc3c2)C1=O. The molecule has 39 heavy (non-hydrogen) atoms. The topological polar surface area (TPSA) is 91.0 Å². The normalized spacial score (nSPS) is 18.9. The Bertz CT molecular complexity index is 1540. The molecule has 0 bridgehead atoms. The van der Waals surface area contributed by atoms with E-state index in [1.165, 1.54) is 5.56 Å². The van der Waals surface area contributed by atoms with Gasteiger partial charge in [-0.15, -0.1) is 0 Å². The summed E-state index contributed by atoms with van der Waals surface area (Å²) in [7, 11) is 0. The third kappa shape index (κ3) is 5.33. The molecule has 2 aliphatic heterocycles. The van der Waals surface area contributed by atoms with Crippen LogP contribution < -0.4 is 5.32 Å². The van der Waals surface area contributed by atoms with Gasteiger partial charge in [0.05, 0.1) is 17.2 Å². The minimum absolute atomic E-state index is 0.0111. The number of benzene rings is 2. The number of Topliss-reactive ketones (excluding diaryl/α,β-unsaturated/α-hetero) is 1. The van der Waals surface area contributed by atoms with E-state index in [-0.39, 0.29) is 23.5 Å². The molecule has 7 nitrogen and oxygen atoms in total. The Morgan fingerprint density at radius 2 is 1.90 bits per heavy atom. The number of amides is 1. The summed E-state index contributed by atoms with van der Waals surface area (Å²) in [6, 6.07) is 12.1. The van der Waals surface area contributed by atoms with E-state index in [1.807, 2.05) is 41.6 Å². The summed E-state index contributed by atoms with van der Waals surface area (Å²) < 4.78 is 0. The number of carbonyl (C=O) groups is 2. The predicted molar refractivity (Wildman–Crippen MR) is 154 cm³/mol. The molecule has 1 fully saturated rings. The van der Waals surface area contributed by atoms with Crippen molar-refractivity contribution in [3.05, 3.63) is 71.0 Å². The van der Waals surface area contributed by atoms with E-state index in [0.717, 1.165) is 58.9 Å². The van der Waals surface area contributed by atoms with Crippen molar-refractivity contribution in [3.63, 3.8) is 0 Å². The molecule has 202 valence electrons. The quantitative estimate of drug-likeness (QED) is 0.342. The molecule has 7 heteroatoms. The maximum atomic E-state index is 13.9. The number of rotatable bonds is 5. The Kier molecular flexibility index (Phi) is 6.71. The fourth-order valence-electron chi connectivity index (χ4n) is 6.28. The molecule has 2 N–H and O–H groups in total. The zero-order valence-electron chi connectivity index (χ0n) is 23.1. The fourth-order valence-corrected chi connectivity index (χ4v) is 6.28. The zero-order chi connectivity index (χ0) is 27.1. The first-order valence-electron chi connectivity index (χ1n) is 14.1. The Labute approximate surface area is 229 Å². The number of nitrogens with zero attached hydrogens (tertiary/aromatic N) is 3. The number of piperidine rings is 1. The number of carbonyl (C=O) groups excluding carboxylic acids is 2. The highest BCUT2D eigenvalue weighted by atomic mass is 16.2. The fraction of sp³-hybridized carbons (Fsp3) is 0.438. The minimum atomic E-state index is -0.406. The third-order valence-corrected chi connectivity index (χ3v) is 8.24. The van der Waals surface area contributed by atoms with Crippen LogP contribution in [0.2, 0.25) is 0 Å². The molecule has 0 aliphatic carbocycles. The first-order chi connectivity index (χ1) is 18.7. The molecule has 2 aromatic carbocycles. The van der Waals surface area contributed by atoms with E-state index >= 15 is 0 Å². The second kappa shape index (κ2) is 10.2. The molecule has 2 aliphatic rings. The van der Waals surface area contributed by atoms with Crippen molar-refractivity contribution in [2.45, 2.75) is 58.9 Å². The third-order valence-electron chi connectivity index (χ3n) is 8.24. The van der Waals surface area contributed by atoms with Crippen molar-refractivity contribution in [2.75, 3.05) is 19.6 Å². The lowest BCUT2D eigenvalue weighted by molar-refractivity contribution is -0.137. The van der Waals surface area contributed by atoms with Crippen LogP contribution in [0.1, 0.15) is 73.0 Å². The molecule has 0 unspecified atom stereocenters. The number of aromatic nitrogens is 3. The summed E-state index contributed by atoms with van der Waals surface area (Å²) in [5.74, 6) is 0.170. The van der Waals surface area contributed by atoms with Crippen LogP contribution in [0.3, 0.4) is 0 Å². The van der Waals surface area contributed by atoms with Crippen LogP contribution in [0.4, 0.5) is 0 Å². The van der Waals surface area contributed by atoms with Crippen LogP contribution in [-0.2, 0) is 17.8 Å².